The van der Waals surface area contributed by atoms with Gasteiger partial charge in [0.05, 0.1) is 18.3 Å². The van der Waals surface area contributed by atoms with Gasteiger partial charge in [-0.05, 0) is 23.4 Å². The van der Waals surface area contributed by atoms with Gasteiger partial charge in [0, 0.05) is 11.6 Å². The van der Waals surface area contributed by atoms with E-state index in [0.29, 0.717) is 0 Å². The van der Waals surface area contributed by atoms with Crippen LogP contribution in [0.2, 0.25) is 0 Å². The van der Waals surface area contributed by atoms with Gasteiger partial charge in [0.15, 0.2) is 5.78 Å². The van der Waals surface area contributed by atoms with Crippen molar-refractivity contribution in [3.05, 3.63) is 78.1 Å². The van der Waals surface area contributed by atoms with Gasteiger partial charge in [-0.1, -0.05) is 54.6 Å². The van der Waals surface area contributed by atoms with Crippen molar-refractivity contribution in [2.24, 2.45) is 5.73 Å². The number of nitrogens with zero attached hydrogens (tertiary/aromatic N) is 1. The van der Waals surface area contributed by atoms with E-state index in [-0.39, 0.29) is 18.0 Å². The fourth-order valence-corrected chi connectivity index (χ4v) is 3.50. The Bertz CT molecular complexity index is 1170. The number of carbonyl (C=O) groups is 4. The maximum atomic E-state index is 12.9. The smallest absolute Gasteiger partial charge is 0.270 e. The number of rotatable bonds is 10. The molecule has 1 aromatic heterocycles. The highest BCUT2D eigenvalue weighted by Gasteiger charge is 2.28. The lowest BCUT2D eigenvalue weighted by molar-refractivity contribution is -0.129. The zero-order valence-electron chi connectivity index (χ0n) is 17.7. The third-order valence-corrected chi connectivity index (χ3v) is 5.27. The number of hydrogen-bond donors (Lipinski definition) is 3. The lowest BCUT2D eigenvalue weighted by Gasteiger charge is -2.22. The second-order valence-electron chi connectivity index (χ2n) is 7.46. The highest BCUT2D eigenvalue weighted by Crippen LogP contribution is 2.13. The highest BCUT2D eigenvalue weighted by atomic mass is 35.5. The Morgan fingerprint density at radius 3 is 2.24 bits per heavy atom. The van der Waals surface area contributed by atoms with Crippen LogP contribution in [-0.2, 0) is 20.8 Å². The first-order valence-electron chi connectivity index (χ1n) is 10.2. The second-order valence-corrected chi connectivity index (χ2v) is 7.73. The van der Waals surface area contributed by atoms with Crippen LogP contribution in [0.25, 0.3) is 10.8 Å². The summed E-state index contributed by atoms with van der Waals surface area (Å²) in [5, 5.41) is 6.74. The average molecular weight is 467 g/mol. The Balaban J connectivity index is 1.76. The number of pyridine rings is 1. The molecule has 3 aromatic rings. The van der Waals surface area contributed by atoms with Crippen LogP contribution in [-0.4, -0.2) is 46.5 Å². The third-order valence-electron chi connectivity index (χ3n) is 5.01. The van der Waals surface area contributed by atoms with Crippen molar-refractivity contribution >= 4 is 45.9 Å². The Labute approximate surface area is 195 Å². The van der Waals surface area contributed by atoms with Gasteiger partial charge in [-0.25, -0.2) is 0 Å². The molecule has 0 saturated carbocycles. The summed E-state index contributed by atoms with van der Waals surface area (Å²) < 4.78 is 0. The topological polar surface area (TPSA) is 131 Å². The van der Waals surface area contributed by atoms with Crippen molar-refractivity contribution in [3.8, 4) is 0 Å². The standard InChI is InChI=1S/C24H23ClN4O4/c25-13-21(30)18(10-15-6-2-1-3-7-15)28-24(33)20(12-22(26)31)29-23(32)19-11-16-8-4-5-9-17(16)14-27-19/h1-9,11,14,18,20H,10,12-13H2,(H2,26,31)(H,28,33)(H,29,32)/t18-,20-/m0/s1. The molecular formula is C24H23ClN4O4. The summed E-state index contributed by atoms with van der Waals surface area (Å²) in [6.07, 6.45) is 1.31. The molecule has 170 valence electrons. The van der Waals surface area contributed by atoms with Gasteiger partial charge in [0.2, 0.25) is 11.8 Å². The molecule has 1 heterocycles. The number of benzene rings is 2. The number of hydrogen-bond acceptors (Lipinski definition) is 5. The highest BCUT2D eigenvalue weighted by molar-refractivity contribution is 6.28. The maximum absolute atomic E-state index is 12.9. The molecule has 4 N–H and O–H groups in total. The number of alkyl halides is 1. The molecular weight excluding hydrogens is 444 g/mol. The van der Waals surface area contributed by atoms with Crippen LogP contribution in [0.4, 0.5) is 0 Å². The number of primary amides is 1. The molecule has 2 aromatic carbocycles. The summed E-state index contributed by atoms with van der Waals surface area (Å²) in [7, 11) is 0. The van der Waals surface area contributed by atoms with Crippen LogP contribution in [0.5, 0.6) is 0 Å². The molecule has 0 unspecified atom stereocenters. The molecule has 0 aliphatic rings. The van der Waals surface area contributed by atoms with Crippen LogP contribution in [0.15, 0.2) is 66.9 Å². The van der Waals surface area contributed by atoms with Crippen molar-refractivity contribution in [2.45, 2.75) is 24.9 Å². The monoisotopic (exact) mass is 466 g/mol. The van der Waals surface area contributed by atoms with Gasteiger partial charge in [0.1, 0.15) is 11.7 Å². The average Bonchev–Trinajstić information content (AvgIpc) is 2.82. The zero-order valence-corrected chi connectivity index (χ0v) is 18.4. The Morgan fingerprint density at radius 1 is 0.909 bits per heavy atom. The van der Waals surface area contributed by atoms with Crippen molar-refractivity contribution < 1.29 is 19.2 Å². The first kappa shape index (κ1) is 23.9. The minimum Gasteiger partial charge on any atom is -0.370 e. The molecule has 0 aliphatic heterocycles. The van der Waals surface area contributed by atoms with Gasteiger partial charge >= 0.3 is 0 Å². The minimum atomic E-state index is -1.29. The number of ketones is 1. The number of halogens is 1. The lowest BCUT2D eigenvalue weighted by atomic mass is 10.0. The van der Waals surface area contributed by atoms with E-state index in [1.165, 1.54) is 0 Å². The Kier molecular flexibility index (Phi) is 8.10. The molecule has 2 atom stereocenters. The molecule has 8 nitrogen and oxygen atoms in total. The van der Waals surface area contributed by atoms with Crippen LogP contribution >= 0.6 is 11.6 Å². The van der Waals surface area contributed by atoms with Crippen LogP contribution in [0.3, 0.4) is 0 Å². The zero-order chi connectivity index (χ0) is 23.8. The molecule has 0 fully saturated rings. The van der Waals surface area contributed by atoms with Crippen LogP contribution < -0.4 is 16.4 Å². The number of Topliss-reactive ketones (excluding diaryl/α,β-unsaturated/α-hetero) is 1. The number of nitrogens with two attached hydrogens (primary N) is 1. The van der Waals surface area contributed by atoms with Crippen LogP contribution in [0.1, 0.15) is 22.5 Å². The molecule has 3 amide bonds. The van der Waals surface area contributed by atoms with Gasteiger partial charge in [-0.2, -0.15) is 0 Å². The van der Waals surface area contributed by atoms with Gasteiger partial charge in [-0.15, -0.1) is 11.6 Å². The predicted octanol–water partition coefficient (Wildman–Crippen LogP) is 1.74. The summed E-state index contributed by atoms with van der Waals surface area (Å²) in [6, 6.07) is 15.8. The van der Waals surface area contributed by atoms with E-state index in [0.717, 1.165) is 16.3 Å². The number of fused-ring (bicyclic) bond motifs is 1. The molecule has 0 radical (unpaired) electrons. The number of carbonyl (C=O) groups excluding carboxylic acids is 4. The minimum absolute atomic E-state index is 0.0774. The third kappa shape index (κ3) is 6.60. The summed E-state index contributed by atoms with van der Waals surface area (Å²) in [4.78, 5) is 53.7. The first-order valence-corrected chi connectivity index (χ1v) is 10.8. The van der Waals surface area contributed by atoms with Gasteiger partial charge in [-0.3, -0.25) is 24.2 Å². The fourth-order valence-electron chi connectivity index (χ4n) is 3.31. The van der Waals surface area contributed by atoms with E-state index in [2.05, 4.69) is 15.6 Å². The summed E-state index contributed by atoms with van der Waals surface area (Å²) >= 11 is 5.72. The van der Waals surface area contributed by atoms with E-state index in [1.807, 2.05) is 54.6 Å². The van der Waals surface area contributed by atoms with E-state index >= 15 is 0 Å². The maximum Gasteiger partial charge on any atom is 0.270 e. The largest absolute Gasteiger partial charge is 0.370 e. The normalized spacial score (nSPS) is 12.5. The van der Waals surface area contributed by atoms with Crippen LogP contribution in [0, 0.1) is 0 Å². The Morgan fingerprint density at radius 2 is 1.58 bits per heavy atom. The van der Waals surface area contributed by atoms with Crippen molar-refractivity contribution in [2.75, 3.05) is 5.88 Å². The molecule has 0 aliphatic carbocycles. The van der Waals surface area contributed by atoms with E-state index in [9.17, 15) is 19.2 Å². The fraction of sp³-hybridized carbons (Fsp3) is 0.208. The number of nitrogens with one attached hydrogen (secondary N) is 2. The molecule has 0 saturated heterocycles. The predicted molar refractivity (Wildman–Crippen MR) is 125 cm³/mol. The summed E-state index contributed by atoms with van der Waals surface area (Å²) in [5.41, 5.74) is 6.18. The molecule has 0 bridgehead atoms. The summed E-state index contributed by atoms with van der Waals surface area (Å²) in [5.74, 6) is -2.85. The van der Waals surface area contributed by atoms with Crippen molar-refractivity contribution in [1.29, 1.82) is 0 Å². The van der Waals surface area contributed by atoms with Gasteiger partial charge in [0.25, 0.3) is 5.91 Å². The molecule has 9 heteroatoms. The SMILES string of the molecule is NC(=O)C[C@H](NC(=O)c1cc2ccccc2cn1)C(=O)N[C@@H](Cc1ccccc1)C(=O)CCl. The van der Waals surface area contributed by atoms with E-state index < -0.39 is 42.0 Å². The Hall–Kier alpha value is -3.78. The van der Waals surface area contributed by atoms with Crippen molar-refractivity contribution in [1.82, 2.24) is 15.6 Å². The molecule has 0 spiro atoms. The molecule has 3 rings (SSSR count). The lowest BCUT2D eigenvalue weighted by Crippen LogP contribution is -2.53. The molecule has 33 heavy (non-hydrogen) atoms. The summed E-state index contributed by atoms with van der Waals surface area (Å²) in [6.45, 7) is 0. The van der Waals surface area contributed by atoms with E-state index in [1.54, 1.807) is 12.3 Å². The second kappa shape index (κ2) is 11.2. The number of amides is 3. The number of aromatic nitrogens is 1. The van der Waals surface area contributed by atoms with Gasteiger partial charge < -0.3 is 16.4 Å². The quantitative estimate of drug-likeness (QED) is 0.392. The van der Waals surface area contributed by atoms with Crippen molar-refractivity contribution in [3.63, 3.8) is 0 Å². The first-order chi connectivity index (χ1) is 15.9. The van der Waals surface area contributed by atoms with E-state index in [4.69, 9.17) is 17.3 Å².